The first-order valence-corrected chi connectivity index (χ1v) is 6.34. The van der Waals surface area contributed by atoms with Gasteiger partial charge in [0.1, 0.15) is 17.5 Å². The van der Waals surface area contributed by atoms with Crippen LogP contribution in [0, 0.1) is 24.4 Å². The lowest BCUT2D eigenvalue weighted by Gasteiger charge is -2.18. The predicted molar refractivity (Wildman–Crippen MR) is 73.3 cm³/mol. The molecular formula is C16H14F3NO. The Labute approximate surface area is 120 Å². The Hall–Kier alpha value is -2.30. The Morgan fingerprint density at radius 3 is 2.38 bits per heavy atom. The number of carbonyl (C=O) groups is 1. The summed E-state index contributed by atoms with van der Waals surface area (Å²) in [4.78, 5) is 13.5. The number of rotatable bonds is 3. The van der Waals surface area contributed by atoms with Gasteiger partial charge in [0.25, 0.3) is 5.91 Å². The summed E-state index contributed by atoms with van der Waals surface area (Å²) in [6, 6.07) is 7.24. The minimum absolute atomic E-state index is 0.00136. The molecule has 0 spiro atoms. The van der Waals surface area contributed by atoms with Gasteiger partial charge in [0.2, 0.25) is 0 Å². The van der Waals surface area contributed by atoms with E-state index < -0.39 is 17.5 Å². The summed E-state index contributed by atoms with van der Waals surface area (Å²) in [7, 11) is 1.50. The molecule has 0 N–H and O–H groups in total. The quantitative estimate of drug-likeness (QED) is 0.845. The fraction of sp³-hybridized carbons (Fsp3) is 0.188. The molecular weight excluding hydrogens is 279 g/mol. The van der Waals surface area contributed by atoms with Crippen molar-refractivity contribution >= 4 is 5.91 Å². The molecule has 0 aromatic heterocycles. The number of hydrogen-bond donors (Lipinski definition) is 0. The van der Waals surface area contributed by atoms with Crippen molar-refractivity contribution in [1.82, 2.24) is 4.90 Å². The van der Waals surface area contributed by atoms with Gasteiger partial charge in [-0.15, -0.1) is 0 Å². The van der Waals surface area contributed by atoms with E-state index in [0.29, 0.717) is 11.1 Å². The van der Waals surface area contributed by atoms with E-state index in [1.54, 1.807) is 6.92 Å². The minimum Gasteiger partial charge on any atom is -0.337 e. The number of carbonyl (C=O) groups excluding carboxylic acids is 1. The summed E-state index contributed by atoms with van der Waals surface area (Å²) < 4.78 is 39.6. The monoisotopic (exact) mass is 293 g/mol. The second-order valence-electron chi connectivity index (χ2n) is 4.86. The Morgan fingerprint density at radius 2 is 1.76 bits per heavy atom. The van der Waals surface area contributed by atoms with E-state index in [9.17, 15) is 18.0 Å². The van der Waals surface area contributed by atoms with Crippen LogP contribution in [0.2, 0.25) is 0 Å². The zero-order valence-corrected chi connectivity index (χ0v) is 11.7. The van der Waals surface area contributed by atoms with Crippen LogP contribution in [-0.2, 0) is 6.54 Å². The fourth-order valence-electron chi connectivity index (χ4n) is 1.98. The van der Waals surface area contributed by atoms with Crippen molar-refractivity contribution in [2.75, 3.05) is 7.05 Å². The molecule has 2 rings (SSSR count). The third-order valence-corrected chi connectivity index (χ3v) is 3.17. The van der Waals surface area contributed by atoms with Crippen LogP contribution in [0.4, 0.5) is 13.2 Å². The van der Waals surface area contributed by atoms with Crippen LogP contribution in [0.5, 0.6) is 0 Å². The molecule has 0 aliphatic carbocycles. The average Bonchev–Trinajstić information content (AvgIpc) is 2.44. The zero-order valence-electron chi connectivity index (χ0n) is 11.7. The molecule has 0 aliphatic heterocycles. The molecule has 5 heteroatoms. The number of aryl methyl sites for hydroxylation is 1. The predicted octanol–water partition coefficient (Wildman–Crippen LogP) is 3.68. The number of benzene rings is 2. The van der Waals surface area contributed by atoms with Crippen molar-refractivity contribution in [2.45, 2.75) is 13.5 Å². The molecule has 0 atom stereocenters. The zero-order chi connectivity index (χ0) is 15.6. The SMILES string of the molecule is Cc1cc(C(=O)N(C)Cc2ccc(F)cc2F)ccc1F. The highest BCUT2D eigenvalue weighted by Crippen LogP contribution is 2.15. The van der Waals surface area contributed by atoms with E-state index in [1.165, 1.54) is 36.2 Å². The van der Waals surface area contributed by atoms with Crippen molar-refractivity contribution in [3.8, 4) is 0 Å². The smallest absolute Gasteiger partial charge is 0.253 e. The van der Waals surface area contributed by atoms with Crippen LogP contribution in [-0.4, -0.2) is 17.9 Å². The summed E-state index contributed by atoms with van der Waals surface area (Å²) in [5.74, 6) is -2.12. The van der Waals surface area contributed by atoms with Gasteiger partial charge in [-0.05, 0) is 36.8 Å². The van der Waals surface area contributed by atoms with Crippen LogP contribution < -0.4 is 0 Å². The Balaban J connectivity index is 2.17. The maximum absolute atomic E-state index is 13.6. The Bertz CT molecular complexity index is 685. The van der Waals surface area contributed by atoms with Gasteiger partial charge in [-0.25, -0.2) is 13.2 Å². The first-order chi connectivity index (χ1) is 9.88. The maximum atomic E-state index is 13.6. The van der Waals surface area contributed by atoms with Gasteiger partial charge in [-0.2, -0.15) is 0 Å². The van der Waals surface area contributed by atoms with E-state index >= 15 is 0 Å². The third kappa shape index (κ3) is 3.42. The molecule has 0 radical (unpaired) electrons. The summed E-state index contributed by atoms with van der Waals surface area (Å²) >= 11 is 0. The number of nitrogens with zero attached hydrogens (tertiary/aromatic N) is 1. The average molecular weight is 293 g/mol. The van der Waals surface area contributed by atoms with Crippen molar-refractivity contribution in [2.24, 2.45) is 0 Å². The number of halogens is 3. The first kappa shape index (κ1) is 15.1. The molecule has 2 aromatic carbocycles. The minimum atomic E-state index is -0.704. The molecule has 0 fully saturated rings. The van der Waals surface area contributed by atoms with Gasteiger partial charge in [0, 0.05) is 30.8 Å². The van der Waals surface area contributed by atoms with Crippen LogP contribution in [0.15, 0.2) is 36.4 Å². The van der Waals surface area contributed by atoms with Crippen molar-refractivity contribution < 1.29 is 18.0 Å². The van der Waals surface area contributed by atoms with Gasteiger partial charge in [-0.3, -0.25) is 4.79 Å². The van der Waals surface area contributed by atoms with Crippen molar-refractivity contribution in [3.63, 3.8) is 0 Å². The van der Waals surface area contributed by atoms with E-state index in [4.69, 9.17) is 0 Å². The van der Waals surface area contributed by atoms with Crippen LogP contribution in [0.25, 0.3) is 0 Å². The van der Waals surface area contributed by atoms with E-state index in [-0.39, 0.29) is 18.0 Å². The van der Waals surface area contributed by atoms with Crippen LogP contribution >= 0.6 is 0 Å². The Morgan fingerprint density at radius 1 is 1.05 bits per heavy atom. The van der Waals surface area contributed by atoms with E-state index in [2.05, 4.69) is 0 Å². The third-order valence-electron chi connectivity index (χ3n) is 3.17. The molecule has 0 saturated carbocycles. The van der Waals surface area contributed by atoms with Gasteiger partial charge in [0.15, 0.2) is 0 Å². The lowest BCUT2D eigenvalue weighted by atomic mass is 10.1. The first-order valence-electron chi connectivity index (χ1n) is 6.34. The molecule has 1 amide bonds. The normalized spacial score (nSPS) is 10.5. The van der Waals surface area contributed by atoms with Gasteiger partial charge in [0.05, 0.1) is 0 Å². The molecule has 0 bridgehead atoms. The van der Waals surface area contributed by atoms with Gasteiger partial charge < -0.3 is 4.90 Å². The molecule has 0 heterocycles. The molecule has 2 nitrogen and oxygen atoms in total. The summed E-state index contributed by atoms with van der Waals surface area (Å²) in [5.41, 5.74) is 0.896. The second-order valence-corrected chi connectivity index (χ2v) is 4.86. The second kappa shape index (κ2) is 5.99. The molecule has 2 aromatic rings. The van der Waals surface area contributed by atoms with Crippen molar-refractivity contribution in [3.05, 3.63) is 70.5 Å². The largest absolute Gasteiger partial charge is 0.337 e. The highest BCUT2D eigenvalue weighted by molar-refractivity contribution is 5.94. The summed E-state index contributed by atoms with van der Waals surface area (Å²) in [6.07, 6.45) is 0. The lowest BCUT2D eigenvalue weighted by molar-refractivity contribution is 0.0783. The summed E-state index contributed by atoms with van der Waals surface area (Å²) in [5, 5.41) is 0. The standard InChI is InChI=1S/C16H14F3NO/c1-10-7-11(4-6-14(10)18)16(21)20(2)9-12-3-5-13(17)8-15(12)19/h3-8H,9H2,1-2H3. The van der Waals surface area contributed by atoms with Crippen LogP contribution in [0.3, 0.4) is 0 Å². The number of amides is 1. The van der Waals surface area contributed by atoms with Gasteiger partial charge in [-0.1, -0.05) is 6.07 Å². The molecule has 0 unspecified atom stereocenters. The van der Waals surface area contributed by atoms with Gasteiger partial charge >= 0.3 is 0 Å². The molecule has 21 heavy (non-hydrogen) atoms. The number of hydrogen-bond acceptors (Lipinski definition) is 1. The van der Waals surface area contributed by atoms with Crippen LogP contribution in [0.1, 0.15) is 21.5 Å². The Kier molecular flexibility index (Phi) is 4.31. The highest BCUT2D eigenvalue weighted by Gasteiger charge is 2.15. The molecule has 110 valence electrons. The van der Waals surface area contributed by atoms with E-state index in [0.717, 1.165) is 12.1 Å². The van der Waals surface area contributed by atoms with E-state index in [1.807, 2.05) is 0 Å². The lowest BCUT2D eigenvalue weighted by Crippen LogP contribution is -2.26. The molecule has 0 saturated heterocycles. The topological polar surface area (TPSA) is 20.3 Å². The maximum Gasteiger partial charge on any atom is 0.253 e. The highest BCUT2D eigenvalue weighted by atomic mass is 19.1. The fourth-order valence-corrected chi connectivity index (χ4v) is 1.98. The molecule has 0 aliphatic rings. The summed E-state index contributed by atoms with van der Waals surface area (Å²) in [6.45, 7) is 1.56. The van der Waals surface area contributed by atoms with Crippen molar-refractivity contribution in [1.29, 1.82) is 0 Å².